The van der Waals surface area contributed by atoms with E-state index < -0.39 is 36.1 Å². The van der Waals surface area contributed by atoms with Crippen molar-refractivity contribution >= 4 is 12.0 Å². The molecule has 1 aromatic rings. The summed E-state index contributed by atoms with van der Waals surface area (Å²) in [5, 5.41) is 11.4. The molecule has 0 spiro atoms. The molecule has 1 saturated heterocycles. The average molecular weight is 332 g/mol. The van der Waals surface area contributed by atoms with Crippen LogP contribution in [0.2, 0.25) is 0 Å². The molecule has 2 rings (SSSR count). The van der Waals surface area contributed by atoms with Gasteiger partial charge >= 0.3 is 18.6 Å². The first-order valence-electron chi connectivity index (χ1n) is 6.85. The van der Waals surface area contributed by atoms with Crippen LogP contribution in [0.1, 0.15) is 12.0 Å². The van der Waals surface area contributed by atoms with Crippen LogP contribution < -0.4 is 10.1 Å². The van der Waals surface area contributed by atoms with Crippen molar-refractivity contribution in [3.8, 4) is 5.75 Å². The fourth-order valence-electron chi connectivity index (χ4n) is 2.28. The van der Waals surface area contributed by atoms with Gasteiger partial charge < -0.3 is 20.1 Å². The maximum atomic E-state index is 13.5. The number of aliphatic carboxylic acids is 1. The van der Waals surface area contributed by atoms with Crippen molar-refractivity contribution in [3.05, 3.63) is 29.6 Å². The molecule has 1 unspecified atom stereocenters. The van der Waals surface area contributed by atoms with Crippen LogP contribution in [0, 0.1) is 11.7 Å². The summed E-state index contributed by atoms with van der Waals surface area (Å²) in [5.74, 6) is -3.05. The van der Waals surface area contributed by atoms with Crippen molar-refractivity contribution in [2.75, 3.05) is 13.1 Å². The molecular weight excluding hydrogens is 317 g/mol. The molecule has 6 nitrogen and oxygen atoms in total. The number of rotatable bonds is 5. The van der Waals surface area contributed by atoms with Crippen molar-refractivity contribution < 1.29 is 32.6 Å². The van der Waals surface area contributed by atoms with E-state index in [1.165, 1.54) is 11.0 Å². The minimum atomic E-state index is -3.12. The highest BCUT2D eigenvalue weighted by Crippen LogP contribution is 2.20. The number of carbonyl (C=O) groups excluding carboxylic acids is 1. The molecule has 0 radical (unpaired) electrons. The maximum absolute atomic E-state index is 13.5. The van der Waals surface area contributed by atoms with Crippen molar-refractivity contribution in [1.82, 2.24) is 10.2 Å². The Morgan fingerprint density at radius 1 is 1.43 bits per heavy atom. The summed E-state index contributed by atoms with van der Waals surface area (Å²) in [5.41, 5.74) is 0.367. The Morgan fingerprint density at radius 3 is 2.74 bits per heavy atom. The number of ether oxygens (including phenoxy) is 1. The van der Waals surface area contributed by atoms with E-state index in [9.17, 15) is 22.8 Å². The molecule has 2 N–H and O–H groups in total. The van der Waals surface area contributed by atoms with Crippen LogP contribution in [-0.2, 0) is 11.3 Å². The number of likely N-dealkylation sites (tertiary alicyclic amines) is 1. The zero-order valence-corrected chi connectivity index (χ0v) is 12.0. The minimum absolute atomic E-state index is 0.0149. The van der Waals surface area contributed by atoms with Crippen molar-refractivity contribution in [3.63, 3.8) is 0 Å². The third-order valence-corrected chi connectivity index (χ3v) is 3.48. The van der Waals surface area contributed by atoms with E-state index >= 15 is 0 Å². The third kappa shape index (κ3) is 4.51. The largest absolute Gasteiger partial charge is 0.481 e. The molecule has 1 heterocycles. The number of carboxylic acid groups (broad SMARTS) is 1. The Kier molecular flexibility index (Phi) is 5.30. The van der Waals surface area contributed by atoms with Gasteiger partial charge in [-0.25, -0.2) is 9.18 Å². The van der Waals surface area contributed by atoms with E-state index in [2.05, 4.69) is 10.1 Å². The third-order valence-electron chi connectivity index (χ3n) is 3.48. The average Bonchev–Trinajstić information content (AvgIpc) is 2.97. The zero-order chi connectivity index (χ0) is 17.0. The standard InChI is InChI=1S/C14H15F3N2O4/c15-10-5-8(1-2-11(10)23-13(16)17)6-18-14(22)19-4-3-9(7-19)12(20)21/h1-2,5,9,13H,3-4,6-7H2,(H,18,22)(H,20,21). The van der Waals surface area contributed by atoms with Crippen LogP contribution in [0.3, 0.4) is 0 Å². The van der Waals surface area contributed by atoms with Crippen molar-refractivity contribution in [2.24, 2.45) is 5.92 Å². The smallest absolute Gasteiger partial charge is 0.387 e. The molecule has 1 aliphatic rings. The molecule has 0 bridgehead atoms. The van der Waals surface area contributed by atoms with Crippen LogP contribution in [0.4, 0.5) is 18.0 Å². The van der Waals surface area contributed by atoms with Crippen LogP contribution in [-0.4, -0.2) is 41.7 Å². The monoisotopic (exact) mass is 332 g/mol. The highest BCUT2D eigenvalue weighted by molar-refractivity contribution is 5.77. The highest BCUT2D eigenvalue weighted by Gasteiger charge is 2.30. The number of halogens is 3. The van der Waals surface area contributed by atoms with Crippen molar-refractivity contribution in [1.29, 1.82) is 0 Å². The highest BCUT2D eigenvalue weighted by atomic mass is 19.3. The van der Waals surface area contributed by atoms with E-state index in [0.717, 1.165) is 12.1 Å². The molecule has 126 valence electrons. The molecule has 1 atom stereocenters. The Balaban J connectivity index is 1.87. The first-order valence-corrected chi connectivity index (χ1v) is 6.85. The van der Waals surface area contributed by atoms with Crippen LogP contribution in [0.25, 0.3) is 0 Å². The fraction of sp³-hybridized carbons (Fsp3) is 0.429. The Bertz CT molecular complexity index is 597. The number of alkyl halides is 2. The predicted octanol–water partition coefficient (Wildman–Crippen LogP) is 2.04. The number of amides is 2. The molecule has 0 saturated carbocycles. The fourth-order valence-corrected chi connectivity index (χ4v) is 2.28. The number of nitrogens with zero attached hydrogens (tertiary/aromatic N) is 1. The number of carboxylic acids is 1. The van der Waals surface area contributed by atoms with Crippen LogP contribution in [0.5, 0.6) is 5.75 Å². The summed E-state index contributed by atoms with van der Waals surface area (Å²) in [4.78, 5) is 24.1. The van der Waals surface area contributed by atoms with Crippen molar-refractivity contribution in [2.45, 2.75) is 19.6 Å². The summed E-state index contributed by atoms with van der Waals surface area (Å²) in [6.45, 7) is -2.68. The number of hydrogen-bond acceptors (Lipinski definition) is 3. The van der Waals surface area contributed by atoms with Gasteiger partial charge in [0.2, 0.25) is 0 Å². The summed E-state index contributed by atoms with van der Waals surface area (Å²) in [6, 6.07) is 2.94. The normalized spacial score (nSPS) is 17.4. The number of urea groups is 1. The first kappa shape index (κ1) is 16.9. The number of hydrogen-bond donors (Lipinski definition) is 2. The lowest BCUT2D eigenvalue weighted by atomic mass is 10.1. The Morgan fingerprint density at radius 2 is 2.17 bits per heavy atom. The van der Waals surface area contributed by atoms with E-state index in [0.29, 0.717) is 18.5 Å². The van der Waals surface area contributed by atoms with E-state index in [1.54, 1.807) is 0 Å². The van der Waals surface area contributed by atoms with Crippen LogP contribution in [0.15, 0.2) is 18.2 Å². The Labute approximate surface area is 129 Å². The number of carbonyl (C=O) groups is 2. The lowest BCUT2D eigenvalue weighted by molar-refractivity contribution is -0.141. The van der Waals surface area contributed by atoms with Gasteiger partial charge in [0, 0.05) is 19.6 Å². The second-order valence-electron chi connectivity index (χ2n) is 5.07. The Hall–Kier alpha value is -2.45. The number of nitrogens with one attached hydrogen (secondary N) is 1. The van der Waals surface area contributed by atoms with E-state index in [1.807, 2.05) is 0 Å². The quantitative estimate of drug-likeness (QED) is 0.865. The minimum Gasteiger partial charge on any atom is -0.481 e. The van der Waals surface area contributed by atoms with E-state index in [-0.39, 0.29) is 13.1 Å². The topological polar surface area (TPSA) is 78.9 Å². The predicted molar refractivity (Wildman–Crippen MR) is 72.6 cm³/mol. The van der Waals surface area contributed by atoms with Gasteiger partial charge in [-0.2, -0.15) is 8.78 Å². The summed E-state index contributed by atoms with van der Waals surface area (Å²) in [7, 11) is 0. The second kappa shape index (κ2) is 7.21. The molecule has 1 fully saturated rings. The molecule has 1 aromatic carbocycles. The first-order chi connectivity index (χ1) is 10.9. The molecule has 9 heteroatoms. The van der Waals surface area contributed by atoms with Gasteiger partial charge in [-0.1, -0.05) is 6.07 Å². The molecule has 0 aromatic heterocycles. The second-order valence-corrected chi connectivity index (χ2v) is 5.07. The molecule has 2 amide bonds. The van der Waals surface area contributed by atoms with Gasteiger partial charge in [0.1, 0.15) is 0 Å². The molecular formula is C14H15F3N2O4. The van der Waals surface area contributed by atoms with Gasteiger partial charge in [-0.3, -0.25) is 4.79 Å². The molecule has 0 aliphatic carbocycles. The van der Waals surface area contributed by atoms with Gasteiger partial charge in [-0.05, 0) is 24.1 Å². The van der Waals surface area contributed by atoms with Gasteiger partial charge in [0.25, 0.3) is 0 Å². The SMILES string of the molecule is O=C(O)C1CCN(C(=O)NCc2ccc(OC(F)F)c(F)c2)C1. The van der Waals surface area contributed by atoms with Gasteiger partial charge in [-0.15, -0.1) is 0 Å². The zero-order valence-electron chi connectivity index (χ0n) is 12.0. The number of benzene rings is 1. The summed E-state index contributed by atoms with van der Waals surface area (Å²) in [6.07, 6.45) is 0.386. The van der Waals surface area contributed by atoms with Gasteiger partial charge in [0.05, 0.1) is 5.92 Å². The van der Waals surface area contributed by atoms with Gasteiger partial charge in [0.15, 0.2) is 11.6 Å². The maximum Gasteiger partial charge on any atom is 0.387 e. The van der Waals surface area contributed by atoms with E-state index in [4.69, 9.17) is 5.11 Å². The summed E-state index contributed by atoms with van der Waals surface area (Å²) >= 11 is 0. The molecule has 1 aliphatic heterocycles. The molecule has 23 heavy (non-hydrogen) atoms. The lowest BCUT2D eigenvalue weighted by Crippen LogP contribution is -2.38. The summed E-state index contributed by atoms with van der Waals surface area (Å²) < 4.78 is 41.6. The van der Waals surface area contributed by atoms with Crippen LogP contribution >= 0.6 is 0 Å². The lowest BCUT2D eigenvalue weighted by Gasteiger charge is -2.17.